The van der Waals surface area contributed by atoms with E-state index in [0.29, 0.717) is 17.1 Å². The van der Waals surface area contributed by atoms with Crippen molar-refractivity contribution in [3.8, 4) is 17.1 Å². The summed E-state index contributed by atoms with van der Waals surface area (Å²) in [6.45, 7) is 3.76. The summed E-state index contributed by atoms with van der Waals surface area (Å²) in [6.07, 6.45) is 0. The minimum absolute atomic E-state index is 0.0802. The maximum atomic E-state index is 12.2. The Morgan fingerprint density at radius 1 is 1.16 bits per heavy atom. The van der Waals surface area contributed by atoms with E-state index in [0.717, 1.165) is 16.7 Å². The summed E-state index contributed by atoms with van der Waals surface area (Å²) >= 11 is 0. The van der Waals surface area contributed by atoms with Gasteiger partial charge in [-0.15, -0.1) is 0 Å². The van der Waals surface area contributed by atoms with Crippen molar-refractivity contribution in [2.45, 2.75) is 20.5 Å². The maximum absolute atomic E-state index is 12.2. The highest BCUT2D eigenvalue weighted by Crippen LogP contribution is 2.21. The molecule has 0 saturated carbocycles. The van der Waals surface area contributed by atoms with E-state index in [2.05, 4.69) is 10.1 Å². The third kappa shape index (κ3) is 3.68. The number of esters is 1. The molecular formula is C19H18N2O4. The van der Waals surface area contributed by atoms with Crippen LogP contribution in [-0.2, 0) is 11.3 Å². The number of benzene rings is 2. The largest absolute Gasteiger partial charge is 0.497 e. The molecule has 0 aliphatic heterocycles. The monoisotopic (exact) mass is 338 g/mol. The lowest BCUT2D eigenvalue weighted by Gasteiger charge is -2.07. The summed E-state index contributed by atoms with van der Waals surface area (Å²) in [5.41, 5.74) is 3.23. The smallest absolute Gasteiger partial charge is 0.338 e. The van der Waals surface area contributed by atoms with Gasteiger partial charge in [-0.1, -0.05) is 29.4 Å². The number of methoxy groups -OCH3 is 1. The third-order valence-electron chi connectivity index (χ3n) is 3.95. The molecule has 3 rings (SSSR count). The average molecular weight is 338 g/mol. The molecule has 0 atom stereocenters. The maximum Gasteiger partial charge on any atom is 0.338 e. The molecule has 0 spiro atoms. The minimum atomic E-state index is -0.415. The Balaban J connectivity index is 1.69. The predicted octanol–water partition coefficient (Wildman–Crippen LogP) is 3.72. The van der Waals surface area contributed by atoms with E-state index < -0.39 is 5.97 Å². The van der Waals surface area contributed by atoms with Gasteiger partial charge >= 0.3 is 5.97 Å². The van der Waals surface area contributed by atoms with Crippen LogP contribution in [0.15, 0.2) is 47.0 Å². The van der Waals surface area contributed by atoms with E-state index in [-0.39, 0.29) is 12.5 Å². The fourth-order valence-electron chi connectivity index (χ4n) is 2.37. The Morgan fingerprint density at radius 2 is 1.96 bits per heavy atom. The zero-order valence-corrected chi connectivity index (χ0v) is 14.3. The second kappa shape index (κ2) is 7.17. The zero-order valence-electron chi connectivity index (χ0n) is 14.3. The molecule has 0 radical (unpaired) electrons. The lowest BCUT2D eigenvalue weighted by molar-refractivity contribution is 0.0429. The van der Waals surface area contributed by atoms with Crippen LogP contribution in [0.1, 0.15) is 27.4 Å². The Hall–Kier alpha value is -3.15. The van der Waals surface area contributed by atoms with Crippen LogP contribution in [0.4, 0.5) is 0 Å². The van der Waals surface area contributed by atoms with Gasteiger partial charge in [0.1, 0.15) is 5.75 Å². The summed E-state index contributed by atoms with van der Waals surface area (Å²) in [4.78, 5) is 16.5. The Labute approximate surface area is 145 Å². The normalized spacial score (nSPS) is 10.5. The predicted molar refractivity (Wildman–Crippen MR) is 91.3 cm³/mol. The fourth-order valence-corrected chi connectivity index (χ4v) is 2.37. The molecule has 1 heterocycles. The SMILES string of the molecule is COc1cccc(-c2noc(COC(=O)c3cccc(C)c3C)n2)c1. The van der Waals surface area contributed by atoms with Gasteiger partial charge in [-0.2, -0.15) is 4.98 Å². The lowest BCUT2D eigenvalue weighted by atomic mass is 10.0. The van der Waals surface area contributed by atoms with E-state index in [9.17, 15) is 4.79 Å². The van der Waals surface area contributed by atoms with Crippen molar-refractivity contribution >= 4 is 5.97 Å². The van der Waals surface area contributed by atoms with Crippen molar-refractivity contribution < 1.29 is 18.8 Å². The van der Waals surface area contributed by atoms with Crippen molar-refractivity contribution in [2.24, 2.45) is 0 Å². The summed E-state index contributed by atoms with van der Waals surface area (Å²) in [7, 11) is 1.59. The minimum Gasteiger partial charge on any atom is -0.497 e. The van der Waals surface area contributed by atoms with Crippen LogP contribution < -0.4 is 4.74 Å². The molecule has 0 aliphatic carbocycles. The van der Waals surface area contributed by atoms with E-state index in [1.807, 2.05) is 44.2 Å². The van der Waals surface area contributed by atoms with Crippen LogP contribution >= 0.6 is 0 Å². The molecule has 25 heavy (non-hydrogen) atoms. The first kappa shape index (κ1) is 16.7. The Kier molecular flexibility index (Phi) is 4.79. The van der Waals surface area contributed by atoms with Crippen molar-refractivity contribution in [2.75, 3.05) is 7.11 Å². The number of hydrogen-bond acceptors (Lipinski definition) is 6. The molecular weight excluding hydrogens is 320 g/mol. The zero-order chi connectivity index (χ0) is 17.8. The van der Waals surface area contributed by atoms with Crippen LogP contribution in [0.3, 0.4) is 0 Å². The van der Waals surface area contributed by atoms with Crippen molar-refractivity contribution in [1.82, 2.24) is 10.1 Å². The first-order valence-electron chi connectivity index (χ1n) is 7.79. The van der Waals surface area contributed by atoms with Crippen LogP contribution in [0, 0.1) is 13.8 Å². The van der Waals surface area contributed by atoms with E-state index in [1.165, 1.54) is 0 Å². The van der Waals surface area contributed by atoms with E-state index in [4.69, 9.17) is 14.0 Å². The van der Waals surface area contributed by atoms with E-state index >= 15 is 0 Å². The van der Waals surface area contributed by atoms with E-state index in [1.54, 1.807) is 19.2 Å². The highest BCUT2D eigenvalue weighted by atomic mass is 16.6. The second-order valence-corrected chi connectivity index (χ2v) is 5.57. The molecule has 1 aromatic heterocycles. The molecule has 3 aromatic rings. The molecule has 0 N–H and O–H groups in total. The molecule has 0 unspecified atom stereocenters. The standard InChI is InChI=1S/C19H18N2O4/c1-12-6-4-9-16(13(12)2)19(22)24-11-17-20-18(21-25-17)14-7-5-8-15(10-14)23-3/h4-10H,11H2,1-3H3. The number of hydrogen-bond donors (Lipinski definition) is 0. The van der Waals surface area contributed by atoms with Gasteiger partial charge in [0.25, 0.3) is 5.89 Å². The average Bonchev–Trinajstić information content (AvgIpc) is 3.11. The van der Waals surface area contributed by atoms with Crippen LogP contribution in [0.25, 0.3) is 11.4 Å². The number of carbonyl (C=O) groups is 1. The van der Waals surface area contributed by atoms with Gasteiger partial charge in [0.05, 0.1) is 12.7 Å². The highest BCUT2D eigenvalue weighted by Gasteiger charge is 2.15. The molecule has 0 amide bonds. The summed E-state index contributed by atoms with van der Waals surface area (Å²) < 4.78 is 15.6. The lowest BCUT2D eigenvalue weighted by Crippen LogP contribution is -2.08. The number of aromatic nitrogens is 2. The van der Waals surface area contributed by atoms with Gasteiger partial charge in [0.15, 0.2) is 6.61 Å². The topological polar surface area (TPSA) is 74.5 Å². The number of aryl methyl sites for hydroxylation is 1. The van der Waals surface area contributed by atoms with Gasteiger partial charge in [-0.25, -0.2) is 4.79 Å². The molecule has 0 saturated heterocycles. The van der Waals surface area contributed by atoms with Crippen LogP contribution in [-0.4, -0.2) is 23.2 Å². The third-order valence-corrected chi connectivity index (χ3v) is 3.95. The van der Waals surface area contributed by atoms with Gasteiger partial charge in [0, 0.05) is 5.56 Å². The van der Waals surface area contributed by atoms with Crippen molar-refractivity contribution in [3.63, 3.8) is 0 Å². The molecule has 6 heteroatoms. The van der Waals surface area contributed by atoms with Gasteiger partial charge < -0.3 is 14.0 Å². The summed E-state index contributed by atoms with van der Waals surface area (Å²) in [5.74, 6) is 0.931. The molecule has 6 nitrogen and oxygen atoms in total. The van der Waals surface area contributed by atoms with Crippen LogP contribution in [0.2, 0.25) is 0 Å². The van der Waals surface area contributed by atoms with Gasteiger partial charge in [-0.05, 0) is 43.2 Å². The summed E-state index contributed by atoms with van der Waals surface area (Å²) in [5, 5.41) is 3.91. The first-order chi connectivity index (χ1) is 12.1. The highest BCUT2D eigenvalue weighted by molar-refractivity contribution is 5.91. The first-order valence-corrected chi connectivity index (χ1v) is 7.79. The number of rotatable bonds is 5. The number of ether oxygens (including phenoxy) is 2. The molecule has 2 aromatic carbocycles. The number of nitrogens with zero attached hydrogens (tertiary/aromatic N) is 2. The quantitative estimate of drug-likeness (QED) is 0.660. The summed E-state index contributed by atoms with van der Waals surface area (Å²) in [6, 6.07) is 12.8. The second-order valence-electron chi connectivity index (χ2n) is 5.57. The molecule has 128 valence electrons. The van der Waals surface area contributed by atoms with Crippen molar-refractivity contribution in [3.05, 3.63) is 65.0 Å². The van der Waals surface area contributed by atoms with Crippen molar-refractivity contribution in [1.29, 1.82) is 0 Å². The Morgan fingerprint density at radius 3 is 2.76 bits per heavy atom. The fraction of sp³-hybridized carbons (Fsp3) is 0.211. The van der Waals surface area contributed by atoms with Gasteiger partial charge in [-0.3, -0.25) is 0 Å². The Bertz CT molecular complexity index is 902. The van der Waals surface area contributed by atoms with Crippen LogP contribution in [0.5, 0.6) is 5.75 Å². The number of carbonyl (C=O) groups excluding carboxylic acids is 1. The molecule has 0 fully saturated rings. The molecule has 0 aliphatic rings. The molecule has 0 bridgehead atoms. The van der Waals surface area contributed by atoms with Gasteiger partial charge in [0.2, 0.25) is 5.82 Å².